The van der Waals surface area contributed by atoms with E-state index in [4.69, 9.17) is 4.74 Å². The van der Waals surface area contributed by atoms with Crippen molar-refractivity contribution in [3.63, 3.8) is 0 Å². The molecule has 0 aliphatic rings. The van der Waals surface area contributed by atoms with Crippen LogP contribution in [0.5, 0.6) is 5.75 Å². The Morgan fingerprint density at radius 2 is 1.68 bits per heavy atom. The molecule has 0 aromatic heterocycles. The average Bonchev–Trinajstić information content (AvgIpc) is 3.63. The minimum absolute atomic E-state index is 0. The summed E-state index contributed by atoms with van der Waals surface area (Å²) in [5, 5.41) is 0. The van der Waals surface area contributed by atoms with Gasteiger partial charge in [0.1, 0.15) is 0 Å². The van der Waals surface area contributed by atoms with E-state index in [-0.39, 0.29) is 24.9 Å². The maximum absolute atomic E-state index is 11.7. The second-order valence-electron chi connectivity index (χ2n) is 9.16. The Kier molecular flexibility index (Phi) is 13.7. The minimum atomic E-state index is 0. The molecule has 0 radical (unpaired) electrons. The first kappa shape index (κ1) is 30.3. The fraction of sp³-hybridized carbons (Fsp3) is 0.273. The Morgan fingerprint density at radius 1 is 0.973 bits per heavy atom. The maximum atomic E-state index is 11.7. The zero-order valence-electron chi connectivity index (χ0n) is 22.2. The van der Waals surface area contributed by atoms with Gasteiger partial charge in [-0.25, -0.2) is 12.1 Å². The molecule has 4 rings (SSSR count). The summed E-state index contributed by atoms with van der Waals surface area (Å²) in [5.74, 6) is 1.02. The predicted octanol–water partition coefficient (Wildman–Crippen LogP) is 7.23. The van der Waals surface area contributed by atoms with E-state index in [9.17, 15) is 4.79 Å². The van der Waals surface area contributed by atoms with Crippen LogP contribution in [0, 0.1) is 0 Å². The average molecular weight is 583 g/mol. The summed E-state index contributed by atoms with van der Waals surface area (Å²) in [7, 11) is 4.23. The Hall–Kier alpha value is -2.94. The molecule has 0 bridgehead atoms. The van der Waals surface area contributed by atoms with Gasteiger partial charge in [-0.2, -0.15) is 30.3 Å². The molecule has 0 aliphatic heterocycles. The number of hydrogen-bond donors (Lipinski definition) is 0. The molecule has 0 saturated carbocycles. The summed E-state index contributed by atoms with van der Waals surface area (Å²) >= 11 is 0. The van der Waals surface area contributed by atoms with Gasteiger partial charge in [-0.1, -0.05) is 47.9 Å². The molecule has 0 spiro atoms. The maximum Gasteiger partial charge on any atom is 2.00 e. The van der Waals surface area contributed by atoms with Crippen LogP contribution in [0.4, 0.5) is 0 Å². The summed E-state index contributed by atoms with van der Waals surface area (Å²) < 4.78 is 4.75. The molecule has 0 saturated heterocycles. The Bertz CT molecular complexity index is 1160. The molecule has 0 heterocycles. The van der Waals surface area contributed by atoms with E-state index in [1.54, 1.807) is 12.1 Å². The standard InChI is InChI=1S/C28H34NO2.C5H5.Ru/c1-4-27(22-10-6-7-11-22)28(23-12-16-25(30)17-13-23)24-14-18-26(19-15-24)31-21-9-5-8-20-29(2)3;1-2-4-5-3-1;/h6-7,10-19,31H,4-5,8-9,20-21H2,1-3H3;1-5H;/q2*-1;+2/b28-27-;;. The summed E-state index contributed by atoms with van der Waals surface area (Å²) in [5.41, 5.74) is 5.97. The van der Waals surface area contributed by atoms with Crippen molar-refractivity contribution in [3.8, 4) is 5.75 Å². The van der Waals surface area contributed by atoms with Crippen LogP contribution in [0.2, 0.25) is 0 Å². The molecule has 4 aromatic carbocycles. The second-order valence-corrected chi connectivity index (χ2v) is 9.16. The van der Waals surface area contributed by atoms with Crippen molar-refractivity contribution in [3.05, 3.63) is 130 Å². The smallest absolute Gasteiger partial charge is 0.624 e. The van der Waals surface area contributed by atoms with Gasteiger partial charge in [0, 0.05) is 6.42 Å². The molecule has 0 aliphatic carbocycles. The number of rotatable bonds is 11. The second kappa shape index (κ2) is 16.7. The van der Waals surface area contributed by atoms with Gasteiger partial charge >= 0.3 is 19.5 Å². The first-order valence-corrected chi connectivity index (χ1v) is 12.9. The van der Waals surface area contributed by atoms with Crippen molar-refractivity contribution < 1.29 is 24.2 Å². The van der Waals surface area contributed by atoms with Crippen LogP contribution >= 0.6 is 0 Å². The van der Waals surface area contributed by atoms with Gasteiger partial charge in [0.15, 0.2) is 6.61 Å². The summed E-state index contributed by atoms with van der Waals surface area (Å²) in [6, 6.07) is 34.1. The SMILES string of the molecule is CC/C(=C(\c1ccc(=O)[cH-]c1)[c+]1cc[c-]([OH+]CCCCCN(C)C)cc1)[c-]1cccc1.[Ru+2].c1cc[cH-]c1. The third-order valence-corrected chi connectivity index (χ3v) is 6.08. The van der Waals surface area contributed by atoms with Crippen LogP contribution in [0.25, 0.3) is 11.1 Å². The minimum Gasteiger partial charge on any atom is -0.624 e. The number of nitrogens with zero attached hydrogens (tertiary/aromatic N) is 1. The molecule has 196 valence electrons. The number of benzene rings is 2. The van der Waals surface area contributed by atoms with Gasteiger partial charge in [0.2, 0.25) is 5.75 Å². The van der Waals surface area contributed by atoms with Gasteiger partial charge in [0.05, 0.1) is 5.43 Å². The van der Waals surface area contributed by atoms with Crippen molar-refractivity contribution in [1.82, 2.24) is 4.90 Å². The first-order valence-electron chi connectivity index (χ1n) is 12.9. The molecule has 4 heteroatoms. The van der Waals surface area contributed by atoms with Crippen LogP contribution in [0.3, 0.4) is 0 Å². The molecule has 0 amide bonds. The van der Waals surface area contributed by atoms with Gasteiger partial charge in [-0.05, 0) is 63.2 Å². The molecule has 1 N–H and O–H groups in total. The number of allylic oxidation sites excluding steroid dienone is 1. The van der Waals surface area contributed by atoms with Crippen molar-refractivity contribution in [2.24, 2.45) is 0 Å². The van der Waals surface area contributed by atoms with E-state index >= 15 is 0 Å². The topological polar surface area (TPSA) is 33.1 Å². The van der Waals surface area contributed by atoms with Crippen LogP contribution in [-0.2, 0) is 19.5 Å². The molecule has 0 fully saturated rings. The third-order valence-electron chi connectivity index (χ3n) is 6.08. The van der Waals surface area contributed by atoms with Crippen molar-refractivity contribution in [2.45, 2.75) is 32.6 Å². The largest absolute Gasteiger partial charge is 2.00 e. The summed E-state index contributed by atoms with van der Waals surface area (Å²) in [4.78, 5) is 13.9. The van der Waals surface area contributed by atoms with E-state index in [2.05, 4.69) is 74.4 Å². The first-order chi connectivity index (χ1) is 17.6. The molecule has 37 heavy (non-hydrogen) atoms. The fourth-order valence-electron chi connectivity index (χ4n) is 4.22. The third kappa shape index (κ3) is 10.2. The molecule has 4 aromatic rings. The number of unbranched alkanes of at least 4 members (excludes halogenated alkanes) is 2. The van der Waals surface area contributed by atoms with E-state index in [1.807, 2.05) is 42.5 Å². The van der Waals surface area contributed by atoms with Crippen LogP contribution in [-0.4, -0.2) is 36.9 Å². The van der Waals surface area contributed by atoms with Gasteiger partial charge in [0.25, 0.3) is 0 Å². The Labute approximate surface area is 235 Å². The number of aliphatic hydroxyl groups is 1. The molecule has 0 unspecified atom stereocenters. The number of aromatic hydroxyl groups is 1. The van der Waals surface area contributed by atoms with Crippen LogP contribution < -0.4 is 5.43 Å². The van der Waals surface area contributed by atoms with Crippen molar-refractivity contribution in [2.75, 3.05) is 27.2 Å². The van der Waals surface area contributed by atoms with Crippen LogP contribution in [0.1, 0.15) is 49.3 Å². The normalized spacial score (nSPS) is 11.2. The van der Waals surface area contributed by atoms with Gasteiger partial charge in [-0.3, -0.25) is 0 Å². The Morgan fingerprint density at radius 3 is 2.22 bits per heavy atom. The predicted molar refractivity (Wildman–Crippen MR) is 154 cm³/mol. The van der Waals surface area contributed by atoms with Gasteiger partial charge < -0.3 is 14.4 Å². The number of hydrogen-bond acceptors (Lipinski definition) is 2. The molecule has 0 atom stereocenters. The molecule has 3 nitrogen and oxygen atoms in total. The molecular weight excluding hydrogens is 543 g/mol. The number of ether oxygens (including phenoxy) is 1. The van der Waals surface area contributed by atoms with E-state index in [0.29, 0.717) is 0 Å². The quantitative estimate of drug-likeness (QED) is 0.0809. The molecular formula is C33H39NO2Ru. The van der Waals surface area contributed by atoms with Gasteiger partial charge in [-0.15, -0.1) is 24.3 Å². The monoisotopic (exact) mass is 583 g/mol. The van der Waals surface area contributed by atoms with Crippen LogP contribution in [0.15, 0.2) is 108 Å². The zero-order valence-corrected chi connectivity index (χ0v) is 24.0. The Balaban J connectivity index is 0.000000716. The van der Waals surface area contributed by atoms with E-state index < -0.39 is 0 Å². The van der Waals surface area contributed by atoms with Crippen molar-refractivity contribution in [1.29, 1.82) is 0 Å². The summed E-state index contributed by atoms with van der Waals surface area (Å²) in [6.07, 6.45) is 4.47. The fourth-order valence-corrected chi connectivity index (χ4v) is 4.22. The summed E-state index contributed by atoms with van der Waals surface area (Å²) in [6.45, 7) is 4.19. The zero-order chi connectivity index (χ0) is 25.6. The van der Waals surface area contributed by atoms with E-state index in [0.717, 1.165) is 42.9 Å². The van der Waals surface area contributed by atoms with E-state index in [1.165, 1.54) is 29.6 Å². The van der Waals surface area contributed by atoms with Crippen molar-refractivity contribution >= 4 is 11.1 Å².